The number of rotatable bonds is 5. The number of benzene rings is 1. The summed E-state index contributed by atoms with van der Waals surface area (Å²) >= 11 is -1.91. The Morgan fingerprint density at radius 3 is 2.67 bits per heavy atom. The van der Waals surface area contributed by atoms with E-state index in [4.69, 9.17) is 9.29 Å². The van der Waals surface area contributed by atoms with Crippen LogP contribution in [0.15, 0.2) is 23.1 Å². The van der Waals surface area contributed by atoms with Gasteiger partial charge in [-0.2, -0.15) is 0 Å². The van der Waals surface area contributed by atoms with E-state index in [1.54, 1.807) is 18.2 Å². The Morgan fingerprint density at radius 1 is 1.40 bits per heavy atom. The van der Waals surface area contributed by atoms with E-state index in [0.717, 1.165) is 24.2 Å². The van der Waals surface area contributed by atoms with E-state index in [1.165, 1.54) is 0 Å². The van der Waals surface area contributed by atoms with Gasteiger partial charge in [-0.1, -0.05) is 13.8 Å². The number of hydrogen-bond acceptors (Lipinski definition) is 2. The van der Waals surface area contributed by atoms with E-state index in [1.807, 2.05) is 13.8 Å². The molecular weight excluding hydrogens is 212 g/mol. The monoisotopic (exact) mass is 228 g/mol. The predicted octanol–water partition coefficient (Wildman–Crippen LogP) is 2.62. The third kappa shape index (κ3) is 3.32. The highest BCUT2D eigenvalue weighted by Crippen LogP contribution is 2.22. The van der Waals surface area contributed by atoms with E-state index < -0.39 is 11.1 Å². The lowest BCUT2D eigenvalue weighted by Crippen LogP contribution is -1.99. The zero-order chi connectivity index (χ0) is 11.3. The van der Waals surface area contributed by atoms with Crippen LogP contribution >= 0.6 is 0 Å². The van der Waals surface area contributed by atoms with Crippen LogP contribution in [-0.2, 0) is 17.5 Å². The van der Waals surface area contributed by atoms with Crippen LogP contribution in [0.1, 0.15) is 25.8 Å². The summed E-state index contributed by atoms with van der Waals surface area (Å²) in [4.78, 5) is 0.427. The van der Waals surface area contributed by atoms with E-state index >= 15 is 0 Å². The van der Waals surface area contributed by atoms with Crippen LogP contribution in [0.4, 0.5) is 0 Å². The molecule has 0 fully saturated rings. The number of hydrogen-bond donors (Lipinski definition) is 1. The highest BCUT2D eigenvalue weighted by Gasteiger charge is 2.06. The Kier molecular flexibility index (Phi) is 4.78. The summed E-state index contributed by atoms with van der Waals surface area (Å²) in [5, 5.41) is 0. The van der Waals surface area contributed by atoms with Gasteiger partial charge < -0.3 is 9.29 Å². The lowest BCUT2D eigenvalue weighted by molar-refractivity contribution is 0.314. The van der Waals surface area contributed by atoms with Crippen molar-refractivity contribution in [2.75, 3.05) is 6.61 Å². The molecule has 0 radical (unpaired) electrons. The Morgan fingerprint density at radius 2 is 2.13 bits per heavy atom. The zero-order valence-electron chi connectivity index (χ0n) is 9.03. The summed E-state index contributed by atoms with van der Waals surface area (Å²) in [5.74, 6) is 0.813. The maximum absolute atomic E-state index is 10.9. The van der Waals surface area contributed by atoms with Crippen LogP contribution < -0.4 is 4.74 Å². The molecule has 0 aliphatic heterocycles. The Bertz CT molecular complexity index is 350. The lowest BCUT2D eigenvalue weighted by Gasteiger charge is -2.10. The van der Waals surface area contributed by atoms with Gasteiger partial charge in [0.05, 0.1) is 11.5 Å². The summed E-state index contributed by atoms with van der Waals surface area (Å²) in [6.07, 6.45) is 1.75. The smallest absolute Gasteiger partial charge is 0.186 e. The van der Waals surface area contributed by atoms with Crippen LogP contribution in [0.2, 0.25) is 0 Å². The molecule has 1 unspecified atom stereocenters. The first-order valence-corrected chi connectivity index (χ1v) is 6.16. The van der Waals surface area contributed by atoms with Crippen molar-refractivity contribution < 1.29 is 13.5 Å². The standard InChI is InChI=1S/C11H16O3S/c1-3-7-14-11-6-5-10(15(12)13)8-9(11)4-2/h5-6,8H,3-4,7H2,1-2H3,(H,12,13). The average Bonchev–Trinajstić information content (AvgIpc) is 2.25. The first-order valence-electron chi connectivity index (χ1n) is 5.05. The molecule has 0 amide bonds. The molecule has 0 saturated heterocycles. The third-order valence-corrected chi connectivity index (χ3v) is 2.73. The highest BCUT2D eigenvalue weighted by atomic mass is 32.2. The molecule has 0 bridgehead atoms. The fourth-order valence-corrected chi connectivity index (χ4v) is 1.72. The minimum Gasteiger partial charge on any atom is -0.493 e. The second-order valence-corrected chi connectivity index (χ2v) is 4.19. The molecular formula is C11H16O3S. The van der Waals surface area contributed by atoms with Crippen molar-refractivity contribution in [3.05, 3.63) is 23.8 Å². The van der Waals surface area contributed by atoms with E-state index in [0.29, 0.717) is 11.5 Å². The van der Waals surface area contributed by atoms with Gasteiger partial charge in [0, 0.05) is 0 Å². The average molecular weight is 228 g/mol. The molecule has 0 saturated carbocycles. The summed E-state index contributed by atoms with van der Waals surface area (Å²) in [7, 11) is 0. The predicted molar refractivity (Wildman–Crippen MR) is 60.6 cm³/mol. The number of aryl methyl sites for hydroxylation is 1. The molecule has 0 heterocycles. The SMILES string of the molecule is CCCOc1ccc(S(=O)O)cc1CC. The van der Waals surface area contributed by atoms with Crippen molar-refractivity contribution >= 4 is 11.1 Å². The molecule has 0 aliphatic rings. The van der Waals surface area contributed by atoms with Gasteiger partial charge in [-0.15, -0.1) is 0 Å². The Hall–Kier alpha value is -0.870. The minimum atomic E-state index is -1.91. The Balaban J connectivity index is 2.93. The molecule has 0 spiro atoms. The summed E-state index contributed by atoms with van der Waals surface area (Å²) in [6.45, 7) is 4.72. The molecule has 0 aliphatic carbocycles. The molecule has 15 heavy (non-hydrogen) atoms. The fourth-order valence-electron chi connectivity index (χ4n) is 1.29. The summed E-state index contributed by atoms with van der Waals surface area (Å²) < 4.78 is 25.3. The molecule has 1 aromatic carbocycles. The molecule has 1 N–H and O–H groups in total. The molecule has 1 atom stereocenters. The van der Waals surface area contributed by atoms with E-state index in [-0.39, 0.29) is 0 Å². The van der Waals surface area contributed by atoms with Crippen LogP contribution in [0, 0.1) is 0 Å². The van der Waals surface area contributed by atoms with Gasteiger partial charge in [-0.05, 0) is 36.6 Å². The summed E-state index contributed by atoms with van der Waals surface area (Å²) in [6, 6.07) is 5.11. The quantitative estimate of drug-likeness (QED) is 0.788. The minimum absolute atomic E-state index is 0.427. The van der Waals surface area contributed by atoms with Gasteiger partial charge in [0.25, 0.3) is 0 Å². The van der Waals surface area contributed by atoms with Crippen LogP contribution in [0.25, 0.3) is 0 Å². The maximum atomic E-state index is 10.9. The largest absolute Gasteiger partial charge is 0.493 e. The molecule has 3 nitrogen and oxygen atoms in total. The van der Waals surface area contributed by atoms with Crippen LogP contribution in [0.5, 0.6) is 5.75 Å². The molecule has 4 heteroatoms. The first-order chi connectivity index (χ1) is 7.19. The second kappa shape index (κ2) is 5.88. The second-order valence-electron chi connectivity index (χ2n) is 3.22. The third-order valence-electron chi connectivity index (χ3n) is 2.08. The topological polar surface area (TPSA) is 46.5 Å². The van der Waals surface area contributed by atoms with Gasteiger partial charge >= 0.3 is 0 Å². The molecule has 1 aromatic rings. The molecule has 84 valence electrons. The maximum Gasteiger partial charge on any atom is 0.186 e. The lowest BCUT2D eigenvalue weighted by atomic mass is 10.1. The van der Waals surface area contributed by atoms with Crippen LogP contribution in [-0.4, -0.2) is 15.4 Å². The van der Waals surface area contributed by atoms with Crippen LogP contribution in [0.3, 0.4) is 0 Å². The first kappa shape index (κ1) is 12.2. The molecule has 1 rings (SSSR count). The van der Waals surface area contributed by atoms with Gasteiger partial charge in [0.1, 0.15) is 5.75 Å². The zero-order valence-corrected chi connectivity index (χ0v) is 9.84. The number of ether oxygens (including phenoxy) is 1. The van der Waals surface area contributed by atoms with Crippen molar-refractivity contribution in [3.63, 3.8) is 0 Å². The van der Waals surface area contributed by atoms with Gasteiger partial charge in [0.2, 0.25) is 0 Å². The van der Waals surface area contributed by atoms with Crippen molar-refractivity contribution in [2.45, 2.75) is 31.6 Å². The van der Waals surface area contributed by atoms with E-state index in [2.05, 4.69) is 0 Å². The van der Waals surface area contributed by atoms with Crippen molar-refractivity contribution in [2.24, 2.45) is 0 Å². The van der Waals surface area contributed by atoms with Crippen molar-refractivity contribution in [1.29, 1.82) is 0 Å². The van der Waals surface area contributed by atoms with Gasteiger partial charge in [-0.3, -0.25) is 0 Å². The highest BCUT2D eigenvalue weighted by molar-refractivity contribution is 7.79. The normalized spacial score (nSPS) is 12.5. The van der Waals surface area contributed by atoms with Crippen molar-refractivity contribution in [1.82, 2.24) is 0 Å². The Labute approximate surface area is 92.7 Å². The van der Waals surface area contributed by atoms with E-state index in [9.17, 15) is 4.21 Å². The van der Waals surface area contributed by atoms with Gasteiger partial charge in [0.15, 0.2) is 11.1 Å². The molecule has 0 aromatic heterocycles. The summed E-state index contributed by atoms with van der Waals surface area (Å²) in [5.41, 5.74) is 0.975. The van der Waals surface area contributed by atoms with Gasteiger partial charge in [-0.25, -0.2) is 4.21 Å². The fraction of sp³-hybridized carbons (Fsp3) is 0.455. The van der Waals surface area contributed by atoms with Crippen molar-refractivity contribution in [3.8, 4) is 5.75 Å².